The highest BCUT2D eigenvalue weighted by atomic mass is 32.2. The summed E-state index contributed by atoms with van der Waals surface area (Å²) < 4.78 is 58.9. The summed E-state index contributed by atoms with van der Waals surface area (Å²) in [5.74, 6) is -2.49. The number of hydrogen-bond donors (Lipinski definition) is 2. The lowest BCUT2D eigenvalue weighted by Crippen LogP contribution is -2.18. The van der Waals surface area contributed by atoms with Gasteiger partial charge in [0.15, 0.2) is 11.6 Å². The van der Waals surface area contributed by atoms with Crippen LogP contribution < -0.4 is 14.8 Å². The summed E-state index contributed by atoms with van der Waals surface area (Å²) in [5, 5.41) is 2.65. The van der Waals surface area contributed by atoms with E-state index < -0.39 is 32.5 Å². The van der Waals surface area contributed by atoms with E-state index in [1.807, 2.05) is 0 Å². The molecule has 29 heavy (non-hydrogen) atoms. The Morgan fingerprint density at radius 3 is 2.41 bits per heavy atom. The molecule has 0 fully saturated rings. The van der Waals surface area contributed by atoms with Gasteiger partial charge in [-0.15, -0.1) is 0 Å². The monoisotopic (exact) mass is 418 g/mol. The molecule has 0 aliphatic heterocycles. The Bertz CT molecular complexity index is 1170. The van der Waals surface area contributed by atoms with Crippen molar-refractivity contribution in [3.8, 4) is 5.75 Å². The molecule has 6 nitrogen and oxygen atoms in total. The van der Waals surface area contributed by atoms with E-state index in [1.165, 1.54) is 25.3 Å². The van der Waals surface area contributed by atoms with Crippen LogP contribution in [0.15, 0.2) is 71.6 Å². The van der Waals surface area contributed by atoms with Crippen molar-refractivity contribution in [2.45, 2.75) is 4.90 Å². The van der Waals surface area contributed by atoms with Crippen LogP contribution in [0.5, 0.6) is 5.75 Å². The number of benzene rings is 3. The van der Waals surface area contributed by atoms with Gasteiger partial charge in [0.1, 0.15) is 5.75 Å². The molecule has 0 radical (unpaired) electrons. The number of rotatable bonds is 6. The molecular formula is C20H16F2N2O4S. The summed E-state index contributed by atoms with van der Waals surface area (Å²) in [5.41, 5.74) is 0.478. The Labute approximate surface area is 166 Å². The Kier molecular flexibility index (Phi) is 5.79. The highest BCUT2D eigenvalue weighted by Crippen LogP contribution is 2.23. The number of halogens is 2. The van der Waals surface area contributed by atoms with Gasteiger partial charge < -0.3 is 10.1 Å². The first-order chi connectivity index (χ1) is 13.8. The highest BCUT2D eigenvalue weighted by molar-refractivity contribution is 7.92. The standard InChI is InChI=1S/C20H16F2N2O4S/c1-28-14-6-4-5-13(11-14)23-20(25)16-7-2-3-8-19(16)24-29(26,27)15-9-10-17(21)18(22)12-15/h2-12,24H,1H3,(H,23,25). The number of nitrogens with one attached hydrogen (secondary N) is 2. The summed E-state index contributed by atoms with van der Waals surface area (Å²) in [6, 6.07) is 14.8. The second kappa shape index (κ2) is 8.27. The molecule has 0 aromatic heterocycles. The number of carbonyl (C=O) groups is 1. The number of para-hydroxylation sites is 1. The minimum atomic E-state index is -4.25. The molecule has 0 aliphatic carbocycles. The van der Waals surface area contributed by atoms with Gasteiger partial charge in [-0.25, -0.2) is 17.2 Å². The highest BCUT2D eigenvalue weighted by Gasteiger charge is 2.20. The van der Waals surface area contributed by atoms with Crippen LogP contribution in [-0.4, -0.2) is 21.4 Å². The summed E-state index contributed by atoms with van der Waals surface area (Å²) in [7, 11) is -2.76. The van der Waals surface area contributed by atoms with E-state index in [9.17, 15) is 22.0 Å². The van der Waals surface area contributed by atoms with E-state index in [1.54, 1.807) is 30.3 Å². The Morgan fingerprint density at radius 2 is 1.69 bits per heavy atom. The van der Waals surface area contributed by atoms with Crippen molar-refractivity contribution < 1.29 is 26.7 Å². The lowest BCUT2D eigenvalue weighted by molar-refractivity contribution is 0.102. The Morgan fingerprint density at radius 1 is 0.931 bits per heavy atom. The van der Waals surface area contributed by atoms with Crippen molar-refractivity contribution in [2.75, 3.05) is 17.1 Å². The van der Waals surface area contributed by atoms with Crippen LogP contribution >= 0.6 is 0 Å². The van der Waals surface area contributed by atoms with Crippen molar-refractivity contribution in [3.05, 3.63) is 83.9 Å². The van der Waals surface area contributed by atoms with Gasteiger partial charge in [0, 0.05) is 11.8 Å². The molecule has 2 N–H and O–H groups in total. The molecular weight excluding hydrogens is 402 g/mol. The van der Waals surface area contributed by atoms with Crippen molar-refractivity contribution in [1.29, 1.82) is 0 Å². The van der Waals surface area contributed by atoms with E-state index >= 15 is 0 Å². The van der Waals surface area contributed by atoms with Gasteiger partial charge in [-0.3, -0.25) is 9.52 Å². The second-order valence-corrected chi connectivity index (χ2v) is 7.60. The lowest BCUT2D eigenvalue weighted by atomic mass is 10.1. The van der Waals surface area contributed by atoms with Crippen LogP contribution in [0, 0.1) is 11.6 Å². The fourth-order valence-electron chi connectivity index (χ4n) is 2.52. The van der Waals surface area contributed by atoms with Gasteiger partial charge >= 0.3 is 0 Å². The molecule has 1 amide bonds. The first kappa shape index (κ1) is 20.3. The molecule has 150 valence electrons. The number of sulfonamides is 1. The number of anilines is 2. The molecule has 0 heterocycles. The third-order valence-electron chi connectivity index (χ3n) is 3.94. The summed E-state index contributed by atoms with van der Waals surface area (Å²) in [6.07, 6.45) is 0. The summed E-state index contributed by atoms with van der Waals surface area (Å²) >= 11 is 0. The Balaban J connectivity index is 1.88. The normalized spacial score (nSPS) is 11.0. The average molecular weight is 418 g/mol. The maximum absolute atomic E-state index is 13.4. The summed E-state index contributed by atoms with van der Waals surface area (Å²) in [6.45, 7) is 0. The zero-order chi connectivity index (χ0) is 21.0. The Hall–Kier alpha value is -3.46. The van der Waals surface area contributed by atoms with Gasteiger partial charge in [-0.1, -0.05) is 18.2 Å². The smallest absolute Gasteiger partial charge is 0.262 e. The van der Waals surface area contributed by atoms with Crippen LogP contribution in [0.25, 0.3) is 0 Å². The lowest BCUT2D eigenvalue weighted by Gasteiger charge is -2.13. The van der Waals surface area contributed by atoms with Crippen LogP contribution in [0.4, 0.5) is 20.2 Å². The minimum absolute atomic E-state index is 0.0161. The molecule has 3 rings (SSSR count). The molecule has 3 aromatic carbocycles. The first-order valence-corrected chi connectivity index (χ1v) is 9.81. The van der Waals surface area contributed by atoms with Crippen molar-refractivity contribution in [3.63, 3.8) is 0 Å². The van der Waals surface area contributed by atoms with Gasteiger partial charge in [-0.2, -0.15) is 0 Å². The zero-order valence-electron chi connectivity index (χ0n) is 15.1. The molecule has 0 saturated carbocycles. The number of hydrogen-bond acceptors (Lipinski definition) is 4. The molecule has 9 heteroatoms. The largest absolute Gasteiger partial charge is 0.497 e. The minimum Gasteiger partial charge on any atom is -0.497 e. The number of amides is 1. The van der Waals surface area contributed by atoms with Gasteiger partial charge in [0.25, 0.3) is 15.9 Å². The molecule has 0 saturated heterocycles. The van der Waals surface area contributed by atoms with Crippen LogP contribution in [0.2, 0.25) is 0 Å². The predicted octanol–water partition coefficient (Wildman–Crippen LogP) is 4.03. The molecule has 0 unspecified atom stereocenters. The quantitative estimate of drug-likeness (QED) is 0.633. The first-order valence-electron chi connectivity index (χ1n) is 8.32. The van der Waals surface area contributed by atoms with Crippen molar-refractivity contribution in [2.24, 2.45) is 0 Å². The zero-order valence-corrected chi connectivity index (χ0v) is 16.0. The van der Waals surface area contributed by atoms with Crippen molar-refractivity contribution in [1.82, 2.24) is 0 Å². The third kappa shape index (κ3) is 4.69. The van der Waals surface area contributed by atoms with Gasteiger partial charge in [0.2, 0.25) is 0 Å². The van der Waals surface area contributed by atoms with Gasteiger partial charge in [-0.05, 0) is 42.5 Å². The van der Waals surface area contributed by atoms with E-state index in [4.69, 9.17) is 4.74 Å². The van der Waals surface area contributed by atoms with Crippen LogP contribution in [0.1, 0.15) is 10.4 Å². The maximum atomic E-state index is 13.4. The number of methoxy groups -OCH3 is 1. The molecule has 0 bridgehead atoms. The predicted molar refractivity (Wildman–Crippen MR) is 105 cm³/mol. The van der Waals surface area contributed by atoms with E-state index in [2.05, 4.69) is 10.0 Å². The SMILES string of the molecule is COc1cccc(NC(=O)c2ccccc2NS(=O)(=O)c2ccc(F)c(F)c2)c1. The second-order valence-electron chi connectivity index (χ2n) is 5.91. The molecule has 0 aliphatic rings. The van der Waals surface area contributed by atoms with Crippen LogP contribution in [-0.2, 0) is 10.0 Å². The molecule has 0 spiro atoms. The number of ether oxygens (including phenoxy) is 1. The number of carbonyl (C=O) groups excluding carboxylic acids is 1. The van der Waals surface area contributed by atoms with E-state index in [-0.39, 0.29) is 11.3 Å². The molecule has 3 aromatic rings. The maximum Gasteiger partial charge on any atom is 0.262 e. The fourth-order valence-corrected chi connectivity index (χ4v) is 3.61. The van der Waals surface area contributed by atoms with E-state index in [0.29, 0.717) is 23.6 Å². The van der Waals surface area contributed by atoms with Gasteiger partial charge in [0.05, 0.1) is 23.3 Å². The average Bonchev–Trinajstić information content (AvgIpc) is 2.70. The molecule has 0 atom stereocenters. The van der Waals surface area contributed by atoms with Crippen LogP contribution in [0.3, 0.4) is 0 Å². The van der Waals surface area contributed by atoms with Crippen molar-refractivity contribution >= 4 is 27.3 Å². The fraction of sp³-hybridized carbons (Fsp3) is 0.0500. The third-order valence-corrected chi connectivity index (χ3v) is 5.31. The van der Waals surface area contributed by atoms with E-state index in [0.717, 1.165) is 6.07 Å². The summed E-state index contributed by atoms with van der Waals surface area (Å²) in [4.78, 5) is 12.2. The topological polar surface area (TPSA) is 84.5 Å².